The maximum Gasteiger partial charge on any atom is 0.234 e. The van der Waals surface area contributed by atoms with Crippen molar-refractivity contribution in [3.05, 3.63) is 75.3 Å². The fourth-order valence-electron chi connectivity index (χ4n) is 3.24. The number of hydrogen-bond acceptors (Lipinski definition) is 5. The Balaban J connectivity index is 1.83. The van der Waals surface area contributed by atoms with Gasteiger partial charge in [-0.05, 0) is 43.2 Å². The minimum Gasteiger partial charge on any atom is -0.348 e. The monoisotopic (exact) mass is 443 g/mol. The Hall–Kier alpha value is -2.74. The molecule has 1 aromatic heterocycles. The summed E-state index contributed by atoms with van der Waals surface area (Å²) in [7, 11) is 0. The van der Waals surface area contributed by atoms with Gasteiger partial charge in [-0.2, -0.15) is 0 Å². The minimum atomic E-state index is -0.305. The molecule has 1 fully saturated rings. The zero-order chi connectivity index (χ0) is 21.3. The van der Waals surface area contributed by atoms with Crippen LogP contribution in [0.25, 0.3) is 5.69 Å². The van der Waals surface area contributed by atoms with E-state index >= 15 is 0 Å². The zero-order valence-electron chi connectivity index (χ0n) is 15.9. The smallest absolute Gasteiger partial charge is 0.234 e. The van der Waals surface area contributed by atoms with Gasteiger partial charge < -0.3 is 11.1 Å². The summed E-state index contributed by atoms with van der Waals surface area (Å²) in [5.74, 6) is 0.957. The van der Waals surface area contributed by atoms with Gasteiger partial charge in [-0.3, -0.25) is 14.2 Å². The maximum atomic E-state index is 13.4. The van der Waals surface area contributed by atoms with Crippen molar-refractivity contribution in [1.29, 1.82) is 0 Å². The van der Waals surface area contributed by atoms with Gasteiger partial charge in [0.2, 0.25) is 5.91 Å². The molecule has 0 radical (unpaired) electrons. The number of carbonyl (C=O) groups is 2. The highest BCUT2D eigenvalue weighted by Crippen LogP contribution is 2.41. The Bertz CT molecular complexity index is 1120. The van der Waals surface area contributed by atoms with Gasteiger partial charge >= 0.3 is 0 Å². The fourth-order valence-corrected chi connectivity index (χ4v) is 3.63. The van der Waals surface area contributed by atoms with E-state index in [2.05, 4.69) is 15.5 Å². The second kappa shape index (κ2) is 8.55. The third kappa shape index (κ3) is 4.09. The van der Waals surface area contributed by atoms with Gasteiger partial charge in [0, 0.05) is 22.1 Å². The van der Waals surface area contributed by atoms with Crippen LogP contribution in [-0.4, -0.2) is 33.0 Å². The third-order valence-electron chi connectivity index (χ3n) is 4.89. The number of ketones is 1. The first-order valence-electron chi connectivity index (χ1n) is 9.49. The molecule has 1 amide bonds. The molecule has 0 saturated heterocycles. The van der Waals surface area contributed by atoms with Gasteiger partial charge in [-0.25, -0.2) is 0 Å². The zero-order valence-corrected chi connectivity index (χ0v) is 17.5. The summed E-state index contributed by atoms with van der Waals surface area (Å²) in [6.45, 7) is 0.0128. The normalized spacial score (nSPS) is 13.3. The highest BCUT2D eigenvalue weighted by Gasteiger charge is 2.32. The Labute approximate surface area is 183 Å². The van der Waals surface area contributed by atoms with Gasteiger partial charge in [0.15, 0.2) is 11.6 Å². The van der Waals surface area contributed by atoms with E-state index in [4.69, 9.17) is 28.9 Å². The summed E-state index contributed by atoms with van der Waals surface area (Å²) in [5, 5.41) is 12.1. The number of carbonyl (C=O) groups excluding carboxylic acids is 2. The average molecular weight is 444 g/mol. The van der Waals surface area contributed by atoms with E-state index in [0.717, 1.165) is 18.7 Å². The fraction of sp³-hybridized carbons (Fsp3) is 0.238. The van der Waals surface area contributed by atoms with Crippen LogP contribution < -0.4 is 11.1 Å². The third-order valence-corrected chi connectivity index (χ3v) is 5.45. The van der Waals surface area contributed by atoms with Crippen LogP contribution in [0.15, 0.2) is 42.5 Å². The standard InChI is InChI=1S/C21H19Cl2N5O2/c22-13-7-8-17(15(9-13)20(30)14-3-1-2-4-16(14)23)28-18(11-25-19(29)10-24)26-27-21(28)12-5-6-12/h1-4,7-9,12H,5-6,10-11,24H2,(H,25,29). The number of rotatable bonds is 7. The molecule has 1 aliphatic rings. The first kappa shape index (κ1) is 20.5. The number of nitrogens with two attached hydrogens (primary N) is 1. The van der Waals surface area contributed by atoms with Crippen LogP contribution in [0.2, 0.25) is 10.0 Å². The lowest BCUT2D eigenvalue weighted by Gasteiger charge is -2.15. The molecule has 1 heterocycles. The first-order valence-corrected chi connectivity index (χ1v) is 10.2. The number of amides is 1. The second-order valence-corrected chi connectivity index (χ2v) is 7.88. The van der Waals surface area contributed by atoms with Gasteiger partial charge in [-0.1, -0.05) is 35.3 Å². The summed E-state index contributed by atoms with van der Waals surface area (Å²) in [5.41, 5.74) is 6.73. The number of nitrogens with zero attached hydrogens (tertiary/aromatic N) is 3. The van der Waals surface area contributed by atoms with Crippen LogP contribution in [0.3, 0.4) is 0 Å². The topological polar surface area (TPSA) is 103 Å². The molecule has 0 atom stereocenters. The van der Waals surface area contributed by atoms with E-state index in [1.165, 1.54) is 0 Å². The summed E-state index contributed by atoms with van der Waals surface area (Å²) in [6.07, 6.45) is 1.99. The van der Waals surface area contributed by atoms with Crippen molar-refractivity contribution in [2.24, 2.45) is 5.73 Å². The summed E-state index contributed by atoms with van der Waals surface area (Å²) >= 11 is 12.5. The van der Waals surface area contributed by atoms with Gasteiger partial charge in [0.05, 0.1) is 23.8 Å². The summed E-state index contributed by atoms with van der Waals surface area (Å²) in [4.78, 5) is 25.0. The molecule has 4 rings (SSSR count). The molecule has 1 aliphatic carbocycles. The largest absolute Gasteiger partial charge is 0.348 e. The lowest BCUT2D eigenvalue weighted by molar-refractivity contribution is -0.119. The molecule has 3 aromatic rings. The average Bonchev–Trinajstić information content (AvgIpc) is 3.51. The maximum absolute atomic E-state index is 13.4. The van der Waals surface area contributed by atoms with E-state index in [1.807, 2.05) is 4.57 Å². The van der Waals surface area contributed by atoms with Gasteiger partial charge in [0.25, 0.3) is 0 Å². The van der Waals surface area contributed by atoms with Crippen molar-refractivity contribution in [2.75, 3.05) is 6.54 Å². The first-order chi connectivity index (χ1) is 14.5. The molecule has 0 spiro atoms. The van der Waals surface area contributed by atoms with Crippen molar-refractivity contribution in [3.63, 3.8) is 0 Å². The molecule has 30 heavy (non-hydrogen) atoms. The highest BCUT2D eigenvalue weighted by molar-refractivity contribution is 6.35. The second-order valence-electron chi connectivity index (χ2n) is 7.04. The number of halogens is 2. The van der Waals surface area contributed by atoms with E-state index in [0.29, 0.717) is 32.7 Å². The number of benzene rings is 2. The summed E-state index contributed by atoms with van der Waals surface area (Å²) < 4.78 is 1.83. The van der Waals surface area contributed by atoms with Crippen molar-refractivity contribution in [2.45, 2.75) is 25.3 Å². The van der Waals surface area contributed by atoms with Crippen LogP contribution in [-0.2, 0) is 11.3 Å². The van der Waals surface area contributed by atoms with Crippen molar-refractivity contribution in [1.82, 2.24) is 20.1 Å². The molecule has 0 aliphatic heterocycles. The quantitative estimate of drug-likeness (QED) is 0.545. The van der Waals surface area contributed by atoms with Crippen molar-refractivity contribution < 1.29 is 9.59 Å². The molecule has 2 aromatic carbocycles. The van der Waals surface area contributed by atoms with E-state index < -0.39 is 0 Å². The molecule has 7 nitrogen and oxygen atoms in total. The number of nitrogens with one attached hydrogen (secondary N) is 1. The molecule has 3 N–H and O–H groups in total. The van der Waals surface area contributed by atoms with Crippen LogP contribution >= 0.6 is 23.2 Å². The van der Waals surface area contributed by atoms with Crippen LogP contribution in [0.1, 0.15) is 46.3 Å². The molecule has 154 valence electrons. The number of aromatic nitrogens is 3. The molecule has 1 saturated carbocycles. The van der Waals surface area contributed by atoms with Gasteiger partial charge in [-0.15, -0.1) is 10.2 Å². The minimum absolute atomic E-state index is 0.124. The predicted octanol–water partition coefficient (Wildman–Crippen LogP) is 3.26. The Kier molecular flexibility index (Phi) is 5.85. The van der Waals surface area contributed by atoms with Crippen molar-refractivity contribution in [3.8, 4) is 5.69 Å². The highest BCUT2D eigenvalue weighted by atomic mass is 35.5. The molecular weight excluding hydrogens is 425 g/mol. The van der Waals surface area contributed by atoms with E-state index in [1.54, 1.807) is 42.5 Å². The summed E-state index contributed by atoms with van der Waals surface area (Å²) in [6, 6.07) is 11.9. The molecular formula is C21H19Cl2N5O2. The number of hydrogen-bond donors (Lipinski definition) is 2. The molecule has 0 unspecified atom stereocenters. The lowest BCUT2D eigenvalue weighted by Crippen LogP contribution is -2.30. The van der Waals surface area contributed by atoms with Crippen LogP contribution in [0.5, 0.6) is 0 Å². The Morgan fingerprint density at radius 1 is 1.10 bits per heavy atom. The predicted molar refractivity (Wildman–Crippen MR) is 114 cm³/mol. The lowest BCUT2D eigenvalue weighted by atomic mass is 10.0. The van der Waals surface area contributed by atoms with Gasteiger partial charge in [0.1, 0.15) is 5.82 Å². The Morgan fingerprint density at radius 3 is 2.57 bits per heavy atom. The van der Waals surface area contributed by atoms with Crippen LogP contribution in [0, 0.1) is 0 Å². The Morgan fingerprint density at radius 2 is 1.87 bits per heavy atom. The molecule has 9 heteroatoms. The van der Waals surface area contributed by atoms with E-state index in [-0.39, 0.29) is 30.7 Å². The van der Waals surface area contributed by atoms with Crippen molar-refractivity contribution >= 4 is 34.9 Å². The molecule has 0 bridgehead atoms. The SMILES string of the molecule is NCC(=O)NCc1nnc(C2CC2)n1-c1ccc(Cl)cc1C(=O)c1ccccc1Cl. The van der Waals surface area contributed by atoms with Crippen LogP contribution in [0.4, 0.5) is 0 Å². The van der Waals surface area contributed by atoms with E-state index in [9.17, 15) is 9.59 Å².